The first-order valence-corrected chi connectivity index (χ1v) is 7.68. The molecule has 2 aromatic rings. The van der Waals surface area contributed by atoms with Gasteiger partial charge in [-0.1, -0.05) is 40.9 Å². The topological polar surface area (TPSA) is 35.2 Å². The standard InChI is InChI=1S/C14H11BrCl3NO/c1-7(19)8-2-3-13(9(15)4-8)20-14-6-11(17)10(16)5-12(14)18/h2-7H,19H2,1H3/t7-/m0/s1. The Morgan fingerprint density at radius 1 is 1.00 bits per heavy atom. The van der Waals surface area contributed by atoms with Crippen LogP contribution in [0.4, 0.5) is 0 Å². The summed E-state index contributed by atoms with van der Waals surface area (Å²) in [4.78, 5) is 0. The third-order valence-electron chi connectivity index (χ3n) is 2.68. The van der Waals surface area contributed by atoms with E-state index in [-0.39, 0.29) is 6.04 Å². The smallest absolute Gasteiger partial charge is 0.147 e. The van der Waals surface area contributed by atoms with Gasteiger partial charge in [0.1, 0.15) is 11.5 Å². The van der Waals surface area contributed by atoms with Gasteiger partial charge in [0, 0.05) is 12.1 Å². The first-order chi connectivity index (χ1) is 9.38. The highest BCUT2D eigenvalue weighted by molar-refractivity contribution is 9.10. The largest absolute Gasteiger partial charge is 0.455 e. The Morgan fingerprint density at radius 2 is 1.65 bits per heavy atom. The lowest BCUT2D eigenvalue weighted by atomic mass is 10.1. The maximum atomic E-state index is 6.08. The molecule has 6 heteroatoms. The minimum absolute atomic E-state index is 0.0473. The summed E-state index contributed by atoms with van der Waals surface area (Å²) >= 11 is 21.4. The van der Waals surface area contributed by atoms with Crippen LogP contribution < -0.4 is 10.5 Å². The van der Waals surface area contributed by atoms with E-state index in [9.17, 15) is 0 Å². The van der Waals surface area contributed by atoms with Gasteiger partial charge in [-0.2, -0.15) is 0 Å². The lowest BCUT2D eigenvalue weighted by Crippen LogP contribution is -2.04. The van der Waals surface area contributed by atoms with Gasteiger partial charge in [-0.3, -0.25) is 0 Å². The molecule has 2 N–H and O–H groups in total. The Morgan fingerprint density at radius 3 is 2.25 bits per heavy atom. The number of ether oxygens (including phenoxy) is 1. The highest BCUT2D eigenvalue weighted by Crippen LogP contribution is 2.38. The molecule has 106 valence electrons. The van der Waals surface area contributed by atoms with E-state index < -0.39 is 0 Å². The Hall–Kier alpha value is -0.450. The van der Waals surface area contributed by atoms with Crippen LogP contribution in [0.3, 0.4) is 0 Å². The Labute approximate surface area is 140 Å². The van der Waals surface area contributed by atoms with E-state index in [4.69, 9.17) is 45.3 Å². The van der Waals surface area contributed by atoms with Crippen molar-refractivity contribution in [1.82, 2.24) is 0 Å². The Bertz CT molecular complexity index is 647. The van der Waals surface area contributed by atoms with Crippen molar-refractivity contribution in [2.24, 2.45) is 5.73 Å². The van der Waals surface area contributed by atoms with Crippen LogP contribution in [0.1, 0.15) is 18.5 Å². The summed E-state index contributed by atoms with van der Waals surface area (Å²) < 4.78 is 6.53. The second kappa shape index (κ2) is 6.54. The molecule has 0 saturated heterocycles. The van der Waals surface area contributed by atoms with E-state index in [2.05, 4.69) is 15.9 Å². The molecule has 0 radical (unpaired) electrons. The van der Waals surface area contributed by atoms with Crippen molar-refractivity contribution < 1.29 is 4.74 Å². The van der Waals surface area contributed by atoms with Crippen LogP contribution in [0.25, 0.3) is 0 Å². The molecule has 0 aliphatic rings. The molecular formula is C14H11BrCl3NO. The molecule has 2 rings (SSSR count). The van der Waals surface area contributed by atoms with Crippen molar-refractivity contribution in [3.8, 4) is 11.5 Å². The molecule has 1 atom stereocenters. The van der Waals surface area contributed by atoms with Gasteiger partial charge in [0.15, 0.2) is 0 Å². The van der Waals surface area contributed by atoms with E-state index in [1.807, 2.05) is 25.1 Å². The Balaban J connectivity index is 2.33. The minimum Gasteiger partial charge on any atom is -0.455 e. The molecule has 2 nitrogen and oxygen atoms in total. The van der Waals surface area contributed by atoms with E-state index in [0.29, 0.717) is 26.6 Å². The molecule has 2 aromatic carbocycles. The number of halogens is 4. The molecular weight excluding hydrogens is 384 g/mol. The van der Waals surface area contributed by atoms with Gasteiger partial charge in [0.25, 0.3) is 0 Å². The van der Waals surface area contributed by atoms with E-state index in [0.717, 1.165) is 10.0 Å². The second-order valence-corrected chi connectivity index (χ2v) is 6.35. The monoisotopic (exact) mass is 393 g/mol. The summed E-state index contributed by atoms with van der Waals surface area (Å²) in [6, 6.07) is 8.71. The molecule has 0 fully saturated rings. The van der Waals surface area contributed by atoms with Crippen molar-refractivity contribution >= 4 is 50.7 Å². The maximum absolute atomic E-state index is 6.08. The summed E-state index contributed by atoms with van der Waals surface area (Å²) in [6.07, 6.45) is 0. The highest BCUT2D eigenvalue weighted by atomic mass is 79.9. The molecule has 0 amide bonds. The van der Waals surface area contributed by atoms with Crippen LogP contribution in [-0.4, -0.2) is 0 Å². The summed E-state index contributed by atoms with van der Waals surface area (Å²) in [5.74, 6) is 1.06. The van der Waals surface area contributed by atoms with E-state index >= 15 is 0 Å². The van der Waals surface area contributed by atoms with Crippen LogP contribution in [-0.2, 0) is 0 Å². The predicted molar refractivity (Wildman–Crippen MR) is 88.3 cm³/mol. The SMILES string of the molecule is C[C@H](N)c1ccc(Oc2cc(Cl)c(Cl)cc2Cl)c(Br)c1. The summed E-state index contributed by atoms with van der Waals surface area (Å²) in [6.45, 7) is 1.91. The fourth-order valence-corrected chi connectivity index (χ4v) is 2.64. The quantitative estimate of drug-likeness (QED) is 0.626. The second-order valence-electron chi connectivity index (χ2n) is 4.28. The van der Waals surface area contributed by atoms with Gasteiger partial charge in [-0.05, 0) is 46.6 Å². The molecule has 0 aromatic heterocycles. The van der Waals surface area contributed by atoms with Crippen molar-refractivity contribution in [2.75, 3.05) is 0 Å². The zero-order valence-electron chi connectivity index (χ0n) is 10.5. The molecule has 20 heavy (non-hydrogen) atoms. The lowest BCUT2D eigenvalue weighted by Gasteiger charge is -2.12. The van der Waals surface area contributed by atoms with Gasteiger partial charge in [0.2, 0.25) is 0 Å². The average molecular weight is 396 g/mol. The number of nitrogens with two attached hydrogens (primary N) is 1. The van der Waals surface area contributed by atoms with Gasteiger partial charge in [-0.15, -0.1) is 0 Å². The van der Waals surface area contributed by atoms with Crippen molar-refractivity contribution in [1.29, 1.82) is 0 Å². The normalized spacial score (nSPS) is 12.3. The molecule has 0 heterocycles. The van der Waals surface area contributed by atoms with Gasteiger partial charge in [-0.25, -0.2) is 0 Å². The average Bonchev–Trinajstić information content (AvgIpc) is 2.37. The van der Waals surface area contributed by atoms with Crippen LogP contribution in [0.2, 0.25) is 15.1 Å². The molecule has 0 aliphatic heterocycles. The fourth-order valence-electron chi connectivity index (χ4n) is 1.58. The van der Waals surface area contributed by atoms with E-state index in [1.54, 1.807) is 12.1 Å². The number of hydrogen-bond acceptors (Lipinski definition) is 2. The van der Waals surface area contributed by atoms with Crippen molar-refractivity contribution in [3.63, 3.8) is 0 Å². The fraction of sp³-hybridized carbons (Fsp3) is 0.143. The summed E-state index contributed by atoms with van der Waals surface area (Å²) in [5.41, 5.74) is 6.84. The molecule has 0 bridgehead atoms. The lowest BCUT2D eigenvalue weighted by molar-refractivity contribution is 0.479. The van der Waals surface area contributed by atoms with Gasteiger partial charge in [0.05, 0.1) is 19.5 Å². The zero-order chi connectivity index (χ0) is 14.9. The highest BCUT2D eigenvalue weighted by Gasteiger charge is 2.11. The van der Waals surface area contributed by atoms with Gasteiger partial charge >= 0.3 is 0 Å². The zero-order valence-corrected chi connectivity index (χ0v) is 14.3. The summed E-state index contributed by atoms with van der Waals surface area (Å²) in [7, 11) is 0. The van der Waals surface area contributed by atoms with Crippen LogP contribution in [0, 0.1) is 0 Å². The third kappa shape index (κ3) is 3.60. The first-order valence-electron chi connectivity index (χ1n) is 5.76. The van der Waals surface area contributed by atoms with Crippen LogP contribution in [0.5, 0.6) is 11.5 Å². The van der Waals surface area contributed by atoms with Crippen molar-refractivity contribution in [3.05, 3.63) is 55.4 Å². The third-order valence-corrected chi connectivity index (χ3v) is 4.31. The maximum Gasteiger partial charge on any atom is 0.147 e. The molecule has 0 aliphatic carbocycles. The first kappa shape index (κ1) is 15.9. The van der Waals surface area contributed by atoms with E-state index in [1.165, 1.54) is 0 Å². The Kier molecular flexibility index (Phi) is 5.21. The molecule has 0 saturated carbocycles. The molecule has 0 spiro atoms. The van der Waals surface area contributed by atoms with Crippen LogP contribution in [0.15, 0.2) is 34.8 Å². The number of rotatable bonds is 3. The minimum atomic E-state index is -0.0473. The number of benzene rings is 2. The predicted octanol–water partition coefficient (Wildman–Crippen LogP) is 6.22. The van der Waals surface area contributed by atoms with Crippen molar-refractivity contribution in [2.45, 2.75) is 13.0 Å². The van der Waals surface area contributed by atoms with Crippen LogP contribution >= 0.6 is 50.7 Å². The summed E-state index contributed by atoms with van der Waals surface area (Å²) in [5, 5.41) is 1.16. The molecule has 0 unspecified atom stereocenters. The number of hydrogen-bond donors (Lipinski definition) is 1. The van der Waals surface area contributed by atoms with Gasteiger partial charge < -0.3 is 10.5 Å².